The molecule has 0 saturated carbocycles. The van der Waals surface area contributed by atoms with Gasteiger partial charge in [0.1, 0.15) is 11.7 Å². The Balaban J connectivity index is 1.93. The first-order chi connectivity index (χ1) is 13.5. The van der Waals surface area contributed by atoms with Gasteiger partial charge < -0.3 is 15.2 Å². The van der Waals surface area contributed by atoms with Crippen molar-refractivity contribution in [1.29, 1.82) is 0 Å². The molecule has 0 radical (unpaired) electrons. The Labute approximate surface area is 163 Å². The molecule has 2 heterocycles. The molecule has 0 spiro atoms. The van der Waals surface area contributed by atoms with E-state index in [-0.39, 0.29) is 6.42 Å². The van der Waals surface area contributed by atoms with Gasteiger partial charge in [-0.25, -0.2) is 9.78 Å². The summed E-state index contributed by atoms with van der Waals surface area (Å²) in [6.45, 7) is 4.26. The topological polar surface area (TPSA) is 92.9 Å². The molecule has 0 bridgehead atoms. The molecule has 1 amide bonds. The lowest BCUT2D eigenvalue weighted by molar-refractivity contribution is -0.139. The molecule has 2 N–H and O–H groups in total. The number of carbonyl (C=O) groups is 2. The van der Waals surface area contributed by atoms with Gasteiger partial charge in [-0.1, -0.05) is 37.3 Å². The zero-order valence-corrected chi connectivity index (χ0v) is 15.9. The summed E-state index contributed by atoms with van der Waals surface area (Å²) >= 11 is 0. The average molecular weight is 381 g/mol. The lowest BCUT2D eigenvalue weighted by Crippen LogP contribution is -2.43. The van der Waals surface area contributed by atoms with Gasteiger partial charge in [0.05, 0.1) is 12.3 Å². The number of nitrogens with one attached hydrogen (secondary N) is 1. The van der Waals surface area contributed by atoms with Crippen LogP contribution < -0.4 is 10.1 Å². The fourth-order valence-corrected chi connectivity index (χ4v) is 3.12. The van der Waals surface area contributed by atoms with Gasteiger partial charge in [0.25, 0.3) is 5.91 Å². The molecule has 0 aliphatic rings. The Morgan fingerprint density at radius 3 is 2.57 bits per heavy atom. The molecular formula is C21H23N3O4. The van der Waals surface area contributed by atoms with Crippen molar-refractivity contribution in [3.8, 4) is 5.75 Å². The van der Waals surface area contributed by atoms with Gasteiger partial charge in [-0.05, 0) is 31.0 Å². The van der Waals surface area contributed by atoms with Gasteiger partial charge in [0, 0.05) is 12.6 Å². The fourth-order valence-electron chi connectivity index (χ4n) is 3.12. The van der Waals surface area contributed by atoms with Gasteiger partial charge in [-0.15, -0.1) is 0 Å². The molecular weight excluding hydrogens is 358 g/mol. The lowest BCUT2D eigenvalue weighted by atomic mass is 10.1. The van der Waals surface area contributed by atoms with E-state index < -0.39 is 17.9 Å². The number of benzene rings is 1. The Hall–Kier alpha value is -3.35. The number of nitrogens with zero attached hydrogens (tertiary/aromatic N) is 2. The van der Waals surface area contributed by atoms with Crippen molar-refractivity contribution in [1.82, 2.24) is 14.7 Å². The third kappa shape index (κ3) is 3.98. The van der Waals surface area contributed by atoms with E-state index in [0.717, 1.165) is 5.56 Å². The zero-order valence-electron chi connectivity index (χ0n) is 15.9. The molecule has 0 saturated heterocycles. The van der Waals surface area contributed by atoms with Gasteiger partial charge in [0.15, 0.2) is 11.4 Å². The molecule has 7 nitrogen and oxygen atoms in total. The van der Waals surface area contributed by atoms with Crippen LogP contribution in [0.5, 0.6) is 5.75 Å². The summed E-state index contributed by atoms with van der Waals surface area (Å²) in [5.41, 5.74) is 2.30. The monoisotopic (exact) mass is 381 g/mol. The highest BCUT2D eigenvalue weighted by Crippen LogP contribution is 2.23. The van der Waals surface area contributed by atoms with Gasteiger partial charge in [-0.3, -0.25) is 9.20 Å². The number of fused-ring (bicyclic) bond motifs is 1. The maximum Gasteiger partial charge on any atom is 0.326 e. The number of hydrogen-bond donors (Lipinski definition) is 2. The highest BCUT2D eigenvalue weighted by Gasteiger charge is 2.26. The minimum Gasteiger partial charge on any atom is -0.490 e. The van der Waals surface area contributed by atoms with Crippen molar-refractivity contribution in [3.63, 3.8) is 0 Å². The molecule has 146 valence electrons. The highest BCUT2D eigenvalue weighted by atomic mass is 16.5. The maximum atomic E-state index is 13.0. The molecule has 0 fully saturated rings. The molecule has 1 atom stereocenters. The standard InChI is InChI=1S/C21H23N3O4/c1-3-15-18(24-12-8-11-17(28-4-2)19(24)22-15)20(25)23-16(21(26)27)13-14-9-6-5-7-10-14/h5-12,16H,3-4,13H2,1-2H3,(H,23,25)(H,26,27). The summed E-state index contributed by atoms with van der Waals surface area (Å²) in [5.74, 6) is -0.974. The summed E-state index contributed by atoms with van der Waals surface area (Å²) in [5, 5.41) is 12.2. The van der Waals surface area contributed by atoms with Gasteiger partial charge in [0.2, 0.25) is 0 Å². The first kappa shape index (κ1) is 19.4. The second kappa shape index (κ2) is 8.56. The number of carbonyl (C=O) groups excluding carboxylic acids is 1. The van der Waals surface area contributed by atoms with E-state index in [0.29, 0.717) is 35.8 Å². The molecule has 3 rings (SSSR count). The van der Waals surface area contributed by atoms with Crippen LogP contribution in [-0.4, -0.2) is 39.0 Å². The van der Waals surface area contributed by atoms with E-state index in [9.17, 15) is 14.7 Å². The van der Waals surface area contributed by atoms with Gasteiger partial charge >= 0.3 is 5.97 Å². The summed E-state index contributed by atoms with van der Waals surface area (Å²) in [6, 6.07) is 11.7. The number of aromatic nitrogens is 2. The van der Waals surface area contributed by atoms with E-state index in [1.807, 2.05) is 44.2 Å². The Kier molecular flexibility index (Phi) is 5.93. The number of imidazole rings is 1. The Morgan fingerprint density at radius 1 is 1.18 bits per heavy atom. The van der Waals surface area contributed by atoms with Crippen LogP contribution in [0, 0.1) is 0 Å². The predicted molar refractivity (Wildman–Crippen MR) is 105 cm³/mol. The largest absolute Gasteiger partial charge is 0.490 e. The molecule has 0 aliphatic carbocycles. The Bertz CT molecular complexity index is 982. The third-order valence-electron chi connectivity index (χ3n) is 4.42. The van der Waals surface area contributed by atoms with Crippen molar-refractivity contribution in [3.05, 3.63) is 65.6 Å². The van der Waals surface area contributed by atoms with Crippen LogP contribution in [0.4, 0.5) is 0 Å². The molecule has 28 heavy (non-hydrogen) atoms. The van der Waals surface area contributed by atoms with Crippen LogP contribution in [0.25, 0.3) is 5.65 Å². The van der Waals surface area contributed by atoms with Crippen LogP contribution in [0.15, 0.2) is 48.7 Å². The summed E-state index contributed by atoms with van der Waals surface area (Å²) in [7, 11) is 0. The molecule has 0 aliphatic heterocycles. The SMILES string of the molecule is CCOc1cccn2c(C(=O)NC(Cc3ccccc3)C(=O)O)c(CC)nc12. The number of amides is 1. The third-order valence-corrected chi connectivity index (χ3v) is 4.42. The zero-order chi connectivity index (χ0) is 20.1. The van der Waals surface area contributed by atoms with Crippen LogP contribution in [0.1, 0.15) is 35.6 Å². The van der Waals surface area contributed by atoms with Crippen molar-refractivity contribution < 1.29 is 19.4 Å². The molecule has 2 aromatic heterocycles. The van der Waals surface area contributed by atoms with E-state index in [1.165, 1.54) is 0 Å². The minimum atomic E-state index is -1.08. The summed E-state index contributed by atoms with van der Waals surface area (Å²) in [4.78, 5) is 29.2. The maximum absolute atomic E-state index is 13.0. The van der Waals surface area contributed by atoms with E-state index in [2.05, 4.69) is 10.3 Å². The van der Waals surface area contributed by atoms with Crippen molar-refractivity contribution >= 4 is 17.5 Å². The molecule has 3 aromatic rings. The number of ether oxygens (including phenoxy) is 1. The molecule has 1 aromatic carbocycles. The summed E-state index contributed by atoms with van der Waals surface area (Å²) < 4.78 is 7.25. The number of hydrogen-bond acceptors (Lipinski definition) is 4. The number of aliphatic carboxylic acids is 1. The average Bonchev–Trinajstić information content (AvgIpc) is 3.08. The highest BCUT2D eigenvalue weighted by molar-refractivity contribution is 5.97. The van der Waals surface area contributed by atoms with Crippen LogP contribution in [0.3, 0.4) is 0 Å². The van der Waals surface area contributed by atoms with Gasteiger partial charge in [-0.2, -0.15) is 0 Å². The quantitative estimate of drug-likeness (QED) is 0.626. The van der Waals surface area contributed by atoms with Crippen molar-refractivity contribution in [2.45, 2.75) is 32.7 Å². The van der Waals surface area contributed by atoms with Crippen LogP contribution >= 0.6 is 0 Å². The number of pyridine rings is 1. The fraction of sp³-hybridized carbons (Fsp3) is 0.286. The summed E-state index contributed by atoms with van der Waals surface area (Å²) in [6.07, 6.45) is 2.46. The van der Waals surface area contributed by atoms with E-state index in [1.54, 1.807) is 22.7 Å². The van der Waals surface area contributed by atoms with Crippen molar-refractivity contribution in [2.24, 2.45) is 0 Å². The van der Waals surface area contributed by atoms with Crippen LogP contribution in [-0.2, 0) is 17.6 Å². The first-order valence-electron chi connectivity index (χ1n) is 9.25. The second-order valence-electron chi connectivity index (χ2n) is 6.31. The second-order valence-corrected chi connectivity index (χ2v) is 6.31. The van der Waals surface area contributed by atoms with Crippen LogP contribution in [0.2, 0.25) is 0 Å². The lowest BCUT2D eigenvalue weighted by Gasteiger charge is -2.15. The van der Waals surface area contributed by atoms with E-state index in [4.69, 9.17) is 4.74 Å². The predicted octanol–water partition coefficient (Wildman–Crippen LogP) is 2.72. The number of rotatable bonds is 8. The molecule has 7 heteroatoms. The van der Waals surface area contributed by atoms with E-state index >= 15 is 0 Å². The smallest absolute Gasteiger partial charge is 0.326 e. The Morgan fingerprint density at radius 2 is 1.93 bits per heavy atom. The van der Waals surface area contributed by atoms with Crippen molar-refractivity contribution in [2.75, 3.05) is 6.61 Å². The number of carboxylic acids is 1. The molecule has 1 unspecified atom stereocenters. The number of carboxylic acid groups (broad SMARTS) is 1. The minimum absolute atomic E-state index is 0.199. The normalized spacial score (nSPS) is 11.9. The first-order valence-corrected chi connectivity index (χ1v) is 9.25. The number of aryl methyl sites for hydroxylation is 1.